The second kappa shape index (κ2) is 3.31. The molecule has 0 fully saturated rings. The fourth-order valence-corrected chi connectivity index (χ4v) is 1.13. The SMILES string of the molecule is CC(C)(C)Cc1ccc(CO)o1. The fourth-order valence-electron chi connectivity index (χ4n) is 1.13. The summed E-state index contributed by atoms with van der Waals surface area (Å²) < 4.78 is 5.36. The zero-order valence-electron chi connectivity index (χ0n) is 7.92. The van der Waals surface area contributed by atoms with E-state index >= 15 is 0 Å². The first-order valence-corrected chi connectivity index (χ1v) is 4.20. The lowest BCUT2D eigenvalue weighted by Gasteiger charge is -2.15. The Bertz CT molecular complexity index is 243. The van der Waals surface area contributed by atoms with Crippen LogP contribution in [0.1, 0.15) is 32.3 Å². The van der Waals surface area contributed by atoms with Gasteiger partial charge in [-0.15, -0.1) is 0 Å². The molecule has 0 atom stereocenters. The van der Waals surface area contributed by atoms with Gasteiger partial charge in [0.15, 0.2) is 0 Å². The summed E-state index contributed by atoms with van der Waals surface area (Å²) >= 11 is 0. The first kappa shape index (κ1) is 9.33. The Morgan fingerprint density at radius 2 is 1.83 bits per heavy atom. The van der Waals surface area contributed by atoms with E-state index < -0.39 is 0 Å². The van der Waals surface area contributed by atoms with Crippen LogP contribution in [0.15, 0.2) is 16.5 Å². The van der Waals surface area contributed by atoms with E-state index in [1.807, 2.05) is 12.1 Å². The van der Waals surface area contributed by atoms with Crippen molar-refractivity contribution in [2.75, 3.05) is 0 Å². The molecule has 0 saturated heterocycles. The Hall–Kier alpha value is -0.760. The number of rotatable bonds is 2. The van der Waals surface area contributed by atoms with Gasteiger partial charge >= 0.3 is 0 Å². The number of hydrogen-bond donors (Lipinski definition) is 1. The van der Waals surface area contributed by atoms with Crippen LogP contribution in [0.2, 0.25) is 0 Å². The number of aliphatic hydroxyl groups is 1. The summed E-state index contributed by atoms with van der Waals surface area (Å²) in [4.78, 5) is 0. The topological polar surface area (TPSA) is 33.4 Å². The summed E-state index contributed by atoms with van der Waals surface area (Å²) in [7, 11) is 0. The molecule has 0 aliphatic carbocycles. The summed E-state index contributed by atoms with van der Waals surface area (Å²) in [6.45, 7) is 6.47. The average molecular weight is 168 g/mol. The summed E-state index contributed by atoms with van der Waals surface area (Å²) in [6, 6.07) is 3.75. The Morgan fingerprint density at radius 1 is 1.25 bits per heavy atom. The van der Waals surface area contributed by atoms with Crippen LogP contribution in [0.4, 0.5) is 0 Å². The van der Waals surface area contributed by atoms with E-state index in [0.717, 1.165) is 12.2 Å². The predicted molar refractivity (Wildman–Crippen MR) is 47.8 cm³/mol. The lowest BCUT2D eigenvalue weighted by molar-refractivity contribution is 0.239. The second-order valence-electron chi connectivity index (χ2n) is 4.26. The smallest absolute Gasteiger partial charge is 0.129 e. The van der Waals surface area contributed by atoms with Gasteiger partial charge in [-0.3, -0.25) is 0 Å². The zero-order chi connectivity index (χ0) is 9.19. The lowest BCUT2D eigenvalue weighted by Crippen LogP contribution is -2.08. The van der Waals surface area contributed by atoms with Crippen molar-refractivity contribution in [3.63, 3.8) is 0 Å². The summed E-state index contributed by atoms with van der Waals surface area (Å²) in [5.41, 5.74) is 0.241. The molecule has 2 nitrogen and oxygen atoms in total. The monoisotopic (exact) mass is 168 g/mol. The predicted octanol–water partition coefficient (Wildman–Crippen LogP) is 2.36. The Morgan fingerprint density at radius 3 is 2.25 bits per heavy atom. The Kier molecular flexibility index (Phi) is 2.58. The van der Waals surface area contributed by atoms with Crippen LogP contribution in [0, 0.1) is 5.41 Å². The minimum absolute atomic E-state index is 0.00978. The molecule has 0 aromatic carbocycles. The first-order chi connectivity index (χ1) is 5.51. The summed E-state index contributed by atoms with van der Waals surface area (Å²) in [6.07, 6.45) is 0.910. The number of furan rings is 1. The Labute approximate surface area is 73.2 Å². The molecule has 1 aromatic rings. The van der Waals surface area contributed by atoms with Crippen LogP contribution in [-0.4, -0.2) is 5.11 Å². The molecule has 12 heavy (non-hydrogen) atoms. The zero-order valence-corrected chi connectivity index (χ0v) is 7.92. The van der Waals surface area contributed by atoms with E-state index in [1.165, 1.54) is 0 Å². The van der Waals surface area contributed by atoms with Crippen molar-refractivity contribution in [2.24, 2.45) is 5.41 Å². The van der Waals surface area contributed by atoms with E-state index in [0.29, 0.717) is 5.76 Å². The molecule has 0 bridgehead atoms. The molecule has 0 unspecified atom stereocenters. The van der Waals surface area contributed by atoms with Gasteiger partial charge in [-0.25, -0.2) is 0 Å². The van der Waals surface area contributed by atoms with Gasteiger partial charge in [0.25, 0.3) is 0 Å². The molecule has 68 valence electrons. The van der Waals surface area contributed by atoms with E-state index in [9.17, 15) is 0 Å². The van der Waals surface area contributed by atoms with Gasteiger partial charge in [0.05, 0.1) is 0 Å². The second-order valence-corrected chi connectivity index (χ2v) is 4.26. The molecule has 0 spiro atoms. The van der Waals surface area contributed by atoms with E-state index in [2.05, 4.69) is 20.8 Å². The van der Waals surface area contributed by atoms with Crippen LogP contribution in [0.25, 0.3) is 0 Å². The normalized spacial score (nSPS) is 12.0. The number of hydrogen-bond acceptors (Lipinski definition) is 2. The molecular formula is C10H16O2. The largest absolute Gasteiger partial charge is 0.464 e. The molecule has 0 amide bonds. The van der Waals surface area contributed by atoms with E-state index in [4.69, 9.17) is 9.52 Å². The van der Waals surface area contributed by atoms with Crippen molar-refractivity contribution in [2.45, 2.75) is 33.8 Å². The highest BCUT2D eigenvalue weighted by molar-refractivity contribution is 5.07. The maximum Gasteiger partial charge on any atom is 0.129 e. The van der Waals surface area contributed by atoms with Crippen LogP contribution in [-0.2, 0) is 13.0 Å². The van der Waals surface area contributed by atoms with Crippen molar-refractivity contribution < 1.29 is 9.52 Å². The third kappa shape index (κ3) is 2.70. The standard InChI is InChI=1S/C10H16O2/c1-10(2,3)6-8-4-5-9(7-11)12-8/h4-5,11H,6-7H2,1-3H3. The van der Waals surface area contributed by atoms with Crippen LogP contribution >= 0.6 is 0 Å². The molecule has 1 aromatic heterocycles. The van der Waals surface area contributed by atoms with Crippen LogP contribution in [0.3, 0.4) is 0 Å². The van der Waals surface area contributed by atoms with Crippen molar-refractivity contribution in [3.8, 4) is 0 Å². The molecule has 1 heterocycles. The molecule has 1 rings (SSSR count). The Balaban J connectivity index is 2.64. The first-order valence-electron chi connectivity index (χ1n) is 4.20. The molecular weight excluding hydrogens is 152 g/mol. The quantitative estimate of drug-likeness (QED) is 0.735. The fraction of sp³-hybridized carbons (Fsp3) is 0.600. The van der Waals surface area contributed by atoms with Crippen molar-refractivity contribution >= 4 is 0 Å². The maximum absolute atomic E-state index is 8.76. The van der Waals surface area contributed by atoms with Gasteiger partial charge < -0.3 is 9.52 Å². The molecule has 0 radical (unpaired) electrons. The van der Waals surface area contributed by atoms with E-state index in [1.54, 1.807) is 0 Å². The highest BCUT2D eigenvalue weighted by atomic mass is 16.4. The van der Waals surface area contributed by atoms with E-state index in [-0.39, 0.29) is 12.0 Å². The van der Waals surface area contributed by atoms with Crippen LogP contribution in [0.5, 0.6) is 0 Å². The molecule has 2 heteroatoms. The molecule has 0 aliphatic heterocycles. The number of aliphatic hydroxyl groups excluding tert-OH is 1. The molecule has 1 N–H and O–H groups in total. The highest BCUT2D eigenvalue weighted by Crippen LogP contribution is 2.21. The average Bonchev–Trinajstić information content (AvgIpc) is 2.32. The minimum Gasteiger partial charge on any atom is -0.464 e. The summed E-state index contributed by atoms with van der Waals surface area (Å²) in [5.74, 6) is 1.60. The van der Waals surface area contributed by atoms with Gasteiger partial charge in [-0.05, 0) is 17.5 Å². The lowest BCUT2D eigenvalue weighted by atomic mass is 9.91. The van der Waals surface area contributed by atoms with Gasteiger partial charge in [0, 0.05) is 6.42 Å². The minimum atomic E-state index is -0.00978. The molecule has 0 saturated carbocycles. The van der Waals surface area contributed by atoms with Gasteiger partial charge in [0.1, 0.15) is 18.1 Å². The third-order valence-corrected chi connectivity index (χ3v) is 1.58. The molecule has 0 aliphatic rings. The van der Waals surface area contributed by atoms with Crippen molar-refractivity contribution in [1.29, 1.82) is 0 Å². The van der Waals surface area contributed by atoms with Crippen molar-refractivity contribution in [3.05, 3.63) is 23.7 Å². The maximum atomic E-state index is 8.76. The van der Waals surface area contributed by atoms with Gasteiger partial charge in [-0.1, -0.05) is 20.8 Å². The van der Waals surface area contributed by atoms with Crippen LogP contribution < -0.4 is 0 Å². The van der Waals surface area contributed by atoms with Gasteiger partial charge in [0.2, 0.25) is 0 Å². The third-order valence-electron chi connectivity index (χ3n) is 1.58. The highest BCUT2D eigenvalue weighted by Gasteiger charge is 2.13. The van der Waals surface area contributed by atoms with Gasteiger partial charge in [-0.2, -0.15) is 0 Å². The summed E-state index contributed by atoms with van der Waals surface area (Å²) in [5, 5.41) is 8.76. The van der Waals surface area contributed by atoms with Crippen molar-refractivity contribution in [1.82, 2.24) is 0 Å².